The van der Waals surface area contributed by atoms with Crippen molar-refractivity contribution >= 4 is 23.5 Å². The highest BCUT2D eigenvalue weighted by Gasteiger charge is 2.43. The molecule has 0 aromatic heterocycles. The summed E-state index contributed by atoms with van der Waals surface area (Å²) in [6.07, 6.45) is 8.65. The van der Waals surface area contributed by atoms with E-state index in [9.17, 15) is 9.59 Å². The van der Waals surface area contributed by atoms with Gasteiger partial charge in [-0.3, -0.25) is 9.59 Å². The molecule has 0 radical (unpaired) electrons. The fourth-order valence-electron chi connectivity index (χ4n) is 3.41. The van der Waals surface area contributed by atoms with Crippen molar-refractivity contribution in [3.05, 3.63) is 58.7 Å². The molecular formula is C17H14N2O2. The average Bonchev–Trinajstić information content (AvgIpc) is 2.78. The molecule has 1 aliphatic heterocycles. The fraction of sp³-hybridized carbons (Fsp3) is 0.176. The summed E-state index contributed by atoms with van der Waals surface area (Å²) >= 11 is 0. The van der Waals surface area contributed by atoms with Crippen LogP contribution in [0.4, 0.5) is 5.69 Å². The van der Waals surface area contributed by atoms with E-state index >= 15 is 0 Å². The van der Waals surface area contributed by atoms with Crippen molar-refractivity contribution in [3.63, 3.8) is 0 Å². The van der Waals surface area contributed by atoms with Gasteiger partial charge in [-0.1, -0.05) is 30.4 Å². The molecule has 21 heavy (non-hydrogen) atoms. The molecule has 4 nitrogen and oxygen atoms in total. The van der Waals surface area contributed by atoms with E-state index in [4.69, 9.17) is 5.73 Å². The van der Waals surface area contributed by atoms with Crippen LogP contribution in [0, 0.1) is 5.92 Å². The van der Waals surface area contributed by atoms with E-state index in [2.05, 4.69) is 5.32 Å². The van der Waals surface area contributed by atoms with Crippen LogP contribution in [0.25, 0.3) is 6.08 Å². The van der Waals surface area contributed by atoms with Gasteiger partial charge in [-0.25, -0.2) is 0 Å². The third-order valence-corrected chi connectivity index (χ3v) is 4.41. The molecule has 4 heteroatoms. The maximum Gasteiger partial charge on any atom is 0.250 e. The quantitative estimate of drug-likeness (QED) is 0.825. The number of nitrogens with two attached hydrogens (primary N) is 1. The zero-order valence-electron chi connectivity index (χ0n) is 11.3. The third kappa shape index (κ3) is 1.62. The molecule has 1 aromatic rings. The van der Waals surface area contributed by atoms with Crippen molar-refractivity contribution < 1.29 is 9.59 Å². The molecule has 104 valence electrons. The monoisotopic (exact) mass is 278 g/mol. The number of para-hydroxylation sites is 1. The molecule has 1 fully saturated rings. The van der Waals surface area contributed by atoms with Crippen LogP contribution in [-0.2, 0) is 4.79 Å². The second-order valence-electron chi connectivity index (χ2n) is 5.56. The van der Waals surface area contributed by atoms with Gasteiger partial charge < -0.3 is 11.1 Å². The average molecular weight is 278 g/mol. The number of anilines is 1. The highest BCUT2D eigenvalue weighted by Crippen LogP contribution is 2.43. The lowest BCUT2D eigenvalue weighted by Gasteiger charge is -2.25. The van der Waals surface area contributed by atoms with E-state index in [1.54, 1.807) is 12.1 Å². The number of hydrogen-bond acceptors (Lipinski definition) is 3. The standard InChI is InChI=1S/C17H14N2O2/c18-17(21)12-7-3-4-9-8-13-15(19-14(9)12)10-5-1-2-6-11(10)16(13)20/h1-5,7-8,11,15,19H,6H2,(H2,18,21). The molecule has 0 spiro atoms. The fourth-order valence-corrected chi connectivity index (χ4v) is 3.41. The Balaban J connectivity index is 1.88. The molecule has 0 bridgehead atoms. The molecule has 1 amide bonds. The highest BCUT2D eigenvalue weighted by atomic mass is 16.1. The number of carbonyl (C=O) groups excluding carboxylic acids is 2. The Labute approximate surface area is 122 Å². The van der Waals surface area contributed by atoms with Crippen LogP contribution in [0.5, 0.6) is 0 Å². The summed E-state index contributed by atoms with van der Waals surface area (Å²) in [7, 11) is 0. The molecule has 1 saturated carbocycles. The number of amides is 1. The lowest BCUT2D eigenvalue weighted by Crippen LogP contribution is -2.27. The van der Waals surface area contributed by atoms with Gasteiger partial charge in [-0.15, -0.1) is 0 Å². The molecule has 3 aliphatic rings. The Morgan fingerprint density at radius 2 is 2.19 bits per heavy atom. The maximum absolute atomic E-state index is 12.5. The smallest absolute Gasteiger partial charge is 0.250 e. The molecule has 1 heterocycles. The minimum Gasteiger partial charge on any atom is -0.373 e. The SMILES string of the molecule is NC(=O)c1cccc2c1NC1C(=C2)C(=O)C2CC=CC=C21. The first-order chi connectivity index (χ1) is 10.2. The highest BCUT2D eigenvalue weighted by molar-refractivity contribution is 6.12. The van der Waals surface area contributed by atoms with Gasteiger partial charge in [0.05, 0.1) is 17.3 Å². The summed E-state index contributed by atoms with van der Waals surface area (Å²) < 4.78 is 0. The molecular weight excluding hydrogens is 264 g/mol. The normalized spacial score (nSPS) is 25.2. The Kier molecular flexibility index (Phi) is 2.42. The number of benzene rings is 1. The van der Waals surface area contributed by atoms with Crippen molar-refractivity contribution in [3.8, 4) is 0 Å². The minimum absolute atomic E-state index is 0.0647. The summed E-state index contributed by atoms with van der Waals surface area (Å²) in [6.45, 7) is 0. The van der Waals surface area contributed by atoms with Crippen molar-refractivity contribution in [2.45, 2.75) is 12.5 Å². The first kappa shape index (κ1) is 12.1. The number of primary amides is 1. The predicted octanol–water partition coefficient (Wildman–Crippen LogP) is 2.05. The summed E-state index contributed by atoms with van der Waals surface area (Å²) in [5.41, 5.74) is 9.34. The number of Topliss-reactive ketones (excluding diaryl/α,β-unsaturated/α-hetero) is 1. The van der Waals surface area contributed by atoms with Crippen LogP contribution in [0.15, 0.2) is 47.6 Å². The van der Waals surface area contributed by atoms with E-state index in [1.165, 1.54) is 0 Å². The van der Waals surface area contributed by atoms with Gasteiger partial charge in [0.2, 0.25) is 0 Å². The van der Waals surface area contributed by atoms with Crippen LogP contribution < -0.4 is 11.1 Å². The molecule has 3 N–H and O–H groups in total. The Hall–Kier alpha value is -2.62. The van der Waals surface area contributed by atoms with E-state index < -0.39 is 5.91 Å². The number of ketones is 1. The lowest BCUT2D eigenvalue weighted by molar-refractivity contribution is -0.117. The zero-order chi connectivity index (χ0) is 14.6. The Morgan fingerprint density at radius 1 is 1.33 bits per heavy atom. The second-order valence-corrected chi connectivity index (χ2v) is 5.56. The van der Waals surface area contributed by atoms with E-state index in [-0.39, 0.29) is 17.7 Å². The third-order valence-electron chi connectivity index (χ3n) is 4.41. The predicted molar refractivity (Wildman–Crippen MR) is 80.7 cm³/mol. The maximum atomic E-state index is 12.5. The first-order valence-electron chi connectivity index (χ1n) is 6.98. The van der Waals surface area contributed by atoms with Crippen molar-refractivity contribution in [1.29, 1.82) is 0 Å². The van der Waals surface area contributed by atoms with Crippen molar-refractivity contribution in [2.24, 2.45) is 11.7 Å². The number of nitrogens with one attached hydrogen (secondary N) is 1. The zero-order valence-corrected chi connectivity index (χ0v) is 11.3. The summed E-state index contributed by atoms with van der Waals surface area (Å²) in [4.78, 5) is 24.1. The van der Waals surface area contributed by atoms with Gasteiger partial charge in [0, 0.05) is 11.5 Å². The van der Waals surface area contributed by atoms with E-state index in [0.717, 1.165) is 28.8 Å². The van der Waals surface area contributed by atoms with E-state index in [0.29, 0.717) is 5.56 Å². The van der Waals surface area contributed by atoms with Crippen LogP contribution in [-0.4, -0.2) is 17.7 Å². The summed E-state index contributed by atoms with van der Waals surface area (Å²) in [6, 6.07) is 5.24. The molecule has 4 rings (SSSR count). The van der Waals surface area contributed by atoms with Crippen LogP contribution >= 0.6 is 0 Å². The van der Waals surface area contributed by atoms with Gasteiger partial charge in [0.1, 0.15) is 0 Å². The van der Waals surface area contributed by atoms with E-state index in [1.807, 2.05) is 30.4 Å². The van der Waals surface area contributed by atoms with Crippen LogP contribution in [0.3, 0.4) is 0 Å². The lowest BCUT2D eigenvalue weighted by atomic mass is 9.92. The number of rotatable bonds is 1. The second kappa shape index (κ2) is 4.19. The number of allylic oxidation sites excluding steroid dienone is 3. The van der Waals surface area contributed by atoms with Gasteiger partial charge in [0.25, 0.3) is 5.91 Å². The molecule has 2 aliphatic carbocycles. The van der Waals surface area contributed by atoms with Crippen molar-refractivity contribution in [2.75, 3.05) is 5.32 Å². The Bertz CT molecular complexity index is 771. The summed E-state index contributed by atoms with van der Waals surface area (Å²) in [5.74, 6) is -0.349. The molecule has 0 saturated heterocycles. The molecule has 2 unspecified atom stereocenters. The Morgan fingerprint density at radius 3 is 3.00 bits per heavy atom. The number of fused-ring (bicyclic) bond motifs is 4. The topological polar surface area (TPSA) is 72.2 Å². The molecule has 1 aromatic carbocycles. The van der Waals surface area contributed by atoms with Crippen molar-refractivity contribution in [1.82, 2.24) is 0 Å². The van der Waals surface area contributed by atoms with Gasteiger partial charge >= 0.3 is 0 Å². The summed E-state index contributed by atoms with van der Waals surface area (Å²) in [5, 5.41) is 3.35. The number of hydrogen-bond donors (Lipinski definition) is 2. The largest absolute Gasteiger partial charge is 0.373 e. The van der Waals surface area contributed by atoms with Crippen LogP contribution in [0.2, 0.25) is 0 Å². The van der Waals surface area contributed by atoms with Crippen LogP contribution in [0.1, 0.15) is 22.3 Å². The first-order valence-corrected chi connectivity index (χ1v) is 6.98. The van der Waals surface area contributed by atoms with Gasteiger partial charge in [-0.2, -0.15) is 0 Å². The molecule has 2 atom stereocenters. The van der Waals surface area contributed by atoms with Gasteiger partial charge in [0.15, 0.2) is 5.78 Å². The van der Waals surface area contributed by atoms with Gasteiger partial charge in [-0.05, 0) is 29.7 Å². The number of carbonyl (C=O) groups is 2. The minimum atomic E-state index is -0.463.